The van der Waals surface area contributed by atoms with Crippen molar-refractivity contribution in [1.82, 2.24) is 4.90 Å². The number of nitriles is 1. The van der Waals surface area contributed by atoms with Crippen molar-refractivity contribution in [3.63, 3.8) is 0 Å². The Balaban J connectivity index is 1.85. The fourth-order valence-corrected chi connectivity index (χ4v) is 3.28. The van der Waals surface area contributed by atoms with Gasteiger partial charge < -0.3 is 9.84 Å². The molecule has 4 nitrogen and oxygen atoms in total. The number of rotatable bonds is 4. The molecule has 0 bridgehead atoms. The first-order chi connectivity index (χ1) is 12.0. The summed E-state index contributed by atoms with van der Waals surface area (Å²) in [5.74, 6) is -1.28. The number of aliphatic hydroxyl groups excluding tert-OH is 1. The molecule has 0 unspecified atom stereocenters. The lowest BCUT2D eigenvalue weighted by Crippen LogP contribution is -2.24. The molecular weight excluding hydrogens is 326 g/mol. The Morgan fingerprint density at radius 3 is 2.72 bits per heavy atom. The van der Waals surface area contributed by atoms with Crippen molar-refractivity contribution < 1.29 is 18.6 Å². The first-order valence-corrected chi connectivity index (χ1v) is 7.96. The number of benzene rings is 2. The van der Waals surface area contributed by atoms with Gasteiger partial charge in [-0.1, -0.05) is 12.1 Å². The summed E-state index contributed by atoms with van der Waals surface area (Å²) in [6.45, 7) is 0.939. The van der Waals surface area contributed by atoms with Gasteiger partial charge in [-0.2, -0.15) is 5.26 Å². The molecule has 2 aromatic rings. The molecule has 0 aromatic heterocycles. The fraction of sp³-hybridized carbons (Fsp3) is 0.316. The van der Waals surface area contributed by atoms with E-state index in [0.717, 1.165) is 11.6 Å². The molecule has 0 aliphatic carbocycles. The van der Waals surface area contributed by atoms with E-state index >= 15 is 0 Å². The van der Waals surface area contributed by atoms with Gasteiger partial charge in [-0.3, -0.25) is 4.90 Å². The topological polar surface area (TPSA) is 56.5 Å². The molecule has 0 amide bonds. The number of aliphatic hydroxyl groups is 1. The molecular formula is C19H18F2N2O2. The van der Waals surface area contributed by atoms with E-state index in [1.165, 1.54) is 13.2 Å². The molecule has 6 heteroatoms. The average Bonchev–Trinajstić information content (AvgIpc) is 2.97. The number of ether oxygens (including phenoxy) is 1. The second-order valence-electron chi connectivity index (χ2n) is 6.15. The van der Waals surface area contributed by atoms with Crippen molar-refractivity contribution >= 4 is 0 Å². The molecule has 1 saturated heterocycles. The van der Waals surface area contributed by atoms with Crippen LogP contribution in [-0.4, -0.2) is 29.8 Å². The van der Waals surface area contributed by atoms with Crippen molar-refractivity contribution in [1.29, 1.82) is 5.26 Å². The minimum absolute atomic E-state index is 0.202. The van der Waals surface area contributed by atoms with Gasteiger partial charge in [0.15, 0.2) is 11.6 Å². The summed E-state index contributed by atoms with van der Waals surface area (Å²) in [5.41, 5.74) is 2.00. The maximum Gasteiger partial charge on any atom is 0.159 e. The van der Waals surface area contributed by atoms with Gasteiger partial charge in [0.25, 0.3) is 0 Å². The Morgan fingerprint density at radius 1 is 1.24 bits per heavy atom. The van der Waals surface area contributed by atoms with Gasteiger partial charge in [0.2, 0.25) is 0 Å². The summed E-state index contributed by atoms with van der Waals surface area (Å²) in [6, 6.07) is 11.0. The standard InChI is InChI=1S/C19H18F2N2O2/c1-25-19-6-12(2-3-14(19)9-22)10-23-11-15(24)8-18(23)13-4-5-16(20)17(21)7-13/h2-7,15,18,24H,8,10-11H2,1H3/t15-,18-/m0/s1. The maximum absolute atomic E-state index is 13.6. The lowest BCUT2D eigenvalue weighted by molar-refractivity contribution is 0.172. The zero-order valence-corrected chi connectivity index (χ0v) is 13.7. The summed E-state index contributed by atoms with van der Waals surface area (Å²) in [7, 11) is 1.50. The predicted octanol–water partition coefficient (Wildman–Crippen LogP) is 3.15. The Bertz CT molecular complexity index is 820. The average molecular weight is 344 g/mol. The number of hydrogen-bond donors (Lipinski definition) is 1. The number of β-amino-alcohol motifs (C(OH)–C–C–N with tert-alkyl or cyclic N) is 1. The Hall–Kier alpha value is -2.49. The van der Waals surface area contributed by atoms with Crippen LogP contribution in [0.25, 0.3) is 0 Å². The summed E-state index contributed by atoms with van der Waals surface area (Å²) in [5, 5.41) is 19.1. The summed E-state index contributed by atoms with van der Waals surface area (Å²) in [6.07, 6.45) is -0.0724. The van der Waals surface area contributed by atoms with Crippen LogP contribution in [0.4, 0.5) is 8.78 Å². The highest BCUT2D eigenvalue weighted by molar-refractivity contribution is 5.45. The number of methoxy groups -OCH3 is 1. The lowest BCUT2D eigenvalue weighted by atomic mass is 10.0. The van der Waals surface area contributed by atoms with Crippen LogP contribution in [0.2, 0.25) is 0 Å². The Kier molecular flexibility index (Phi) is 4.98. The highest BCUT2D eigenvalue weighted by Crippen LogP contribution is 2.34. The molecule has 0 saturated carbocycles. The molecule has 3 rings (SSSR count). The molecule has 1 aliphatic heterocycles. The third kappa shape index (κ3) is 3.63. The van der Waals surface area contributed by atoms with Crippen LogP contribution in [0, 0.1) is 23.0 Å². The van der Waals surface area contributed by atoms with Crippen molar-refractivity contribution in [3.05, 3.63) is 64.7 Å². The van der Waals surface area contributed by atoms with E-state index < -0.39 is 17.7 Å². The zero-order chi connectivity index (χ0) is 18.0. The number of halogens is 2. The van der Waals surface area contributed by atoms with Crippen molar-refractivity contribution in [3.8, 4) is 11.8 Å². The van der Waals surface area contributed by atoms with Crippen molar-refractivity contribution in [2.24, 2.45) is 0 Å². The van der Waals surface area contributed by atoms with Gasteiger partial charge in [-0.05, 0) is 41.8 Å². The predicted molar refractivity (Wildman–Crippen MR) is 87.8 cm³/mol. The maximum atomic E-state index is 13.6. The van der Waals surface area contributed by atoms with Crippen LogP contribution < -0.4 is 4.74 Å². The third-order valence-electron chi connectivity index (χ3n) is 4.48. The molecule has 0 radical (unpaired) electrons. The monoisotopic (exact) mass is 344 g/mol. The van der Waals surface area contributed by atoms with E-state index in [9.17, 15) is 13.9 Å². The first kappa shape index (κ1) is 17.3. The van der Waals surface area contributed by atoms with Gasteiger partial charge in [0.1, 0.15) is 11.8 Å². The van der Waals surface area contributed by atoms with E-state index in [4.69, 9.17) is 10.00 Å². The van der Waals surface area contributed by atoms with Gasteiger partial charge in [0, 0.05) is 19.1 Å². The highest BCUT2D eigenvalue weighted by Gasteiger charge is 2.32. The number of nitrogens with zero attached hydrogens (tertiary/aromatic N) is 2. The normalized spacial score (nSPS) is 20.4. The zero-order valence-electron chi connectivity index (χ0n) is 13.7. The van der Waals surface area contributed by atoms with Crippen LogP contribution >= 0.6 is 0 Å². The smallest absolute Gasteiger partial charge is 0.159 e. The molecule has 25 heavy (non-hydrogen) atoms. The minimum Gasteiger partial charge on any atom is -0.495 e. The molecule has 1 fully saturated rings. The third-order valence-corrected chi connectivity index (χ3v) is 4.48. The van der Waals surface area contributed by atoms with Crippen LogP contribution in [-0.2, 0) is 6.54 Å². The quantitative estimate of drug-likeness (QED) is 0.926. The molecule has 1 heterocycles. The van der Waals surface area contributed by atoms with Crippen LogP contribution in [0.1, 0.15) is 29.2 Å². The lowest BCUT2D eigenvalue weighted by Gasteiger charge is -2.25. The largest absolute Gasteiger partial charge is 0.495 e. The first-order valence-electron chi connectivity index (χ1n) is 7.96. The highest BCUT2D eigenvalue weighted by atomic mass is 19.2. The van der Waals surface area contributed by atoms with E-state index in [0.29, 0.717) is 36.4 Å². The van der Waals surface area contributed by atoms with Gasteiger partial charge in [0.05, 0.1) is 18.8 Å². The van der Waals surface area contributed by atoms with Crippen molar-refractivity contribution in [2.75, 3.05) is 13.7 Å². The number of likely N-dealkylation sites (tertiary alicyclic amines) is 1. The fourth-order valence-electron chi connectivity index (χ4n) is 3.28. The Morgan fingerprint density at radius 2 is 2.04 bits per heavy atom. The van der Waals surface area contributed by atoms with Gasteiger partial charge >= 0.3 is 0 Å². The number of hydrogen-bond acceptors (Lipinski definition) is 4. The van der Waals surface area contributed by atoms with Crippen LogP contribution in [0.15, 0.2) is 36.4 Å². The van der Waals surface area contributed by atoms with Crippen LogP contribution in [0.3, 0.4) is 0 Å². The molecule has 2 aromatic carbocycles. The molecule has 2 atom stereocenters. The van der Waals surface area contributed by atoms with Crippen molar-refractivity contribution in [2.45, 2.75) is 25.1 Å². The summed E-state index contributed by atoms with van der Waals surface area (Å²) in [4.78, 5) is 2.01. The Labute approximate surface area is 144 Å². The van der Waals surface area contributed by atoms with Gasteiger partial charge in [-0.25, -0.2) is 8.78 Å². The molecule has 130 valence electrons. The molecule has 1 N–H and O–H groups in total. The van der Waals surface area contributed by atoms with E-state index in [-0.39, 0.29) is 6.04 Å². The SMILES string of the molecule is COc1cc(CN2C[C@@H](O)C[C@H]2c2ccc(F)c(F)c2)ccc1C#N. The van der Waals surface area contributed by atoms with E-state index in [2.05, 4.69) is 6.07 Å². The second-order valence-corrected chi connectivity index (χ2v) is 6.15. The summed E-state index contributed by atoms with van der Waals surface area (Å²) < 4.78 is 32.0. The minimum atomic E-state index is -0.890. The molecule has 1 aliphatic rings. The van der Waals surface area contributed by atoms with E-state index in [1.54, 1.807) is 18.2 Å². The summed E-state index contributed by atoms with van der Waals surface area (Å²) >= 11 is 0. The van der Waals surface area contributed by atoms with E-state index in [1.807, 2.05) is 11.0 Å². The van der Waals surface area contributed by atoms with Gasteiger partial charge in [-0.15, -0.1) is 0 Å². The molecule has 0 spiro atoms. The second kappa shape index (κ2) is 7.18. The van der Waals surface area contributed by atoms with Crippen LogP contribution in [0.5, 0.6) is 5.75 Å².